The molecule has 5 nitrogen and oxygen atoms in total. The lowest BCUT2D eigenvalue weighted by Gasteiger charge is -2.11. The van der Waals surface area contributed by atoms with Crippen molar-refractivity contribution in [2.24, 2.45) is 0 Å². The molecule has 108 valence electrons. The number of nitrogens with zero attached hydrogens (tertiary/aromatic N) is 2. The normalized spacial score (nSPS) is 12.3. The summed E-state index contributed by atoms with van der Waals surface area (Å²) in [5, 5.41) is 11.7. The van der Waals surface area contributed by atoms with Crippen molar-refractivity contribution < 1.29 is 9.15 Å². The fourth-order valence-electron chi connectivity index (χ4n) is 1.95. The third-order valence-electron chi connectivity index (χ3n) is 3.12. The number of rotatable bonds is 7. The summed E-state index contributed by atoms with van der Waals surface area (Å²) in [7, 11) is 1.64. The van der Waals surface area contributed by atoms with Crippen molar-refractivity contribution in [3.63, 3.8) is 0 Å². The molecule has 0 bridgehead atoms. The molecule has 0 fully saturated rings. The summed E-state index contributed by atoms with van der Waals surface area (Å²) in [6.45, 7) is 5.18. The number of nitrogens with one attached hydrogen (secondary N) is 1. The van der Waals surface area contributed by atoms with Crippen LogP contribution in [-0.2, 0) is 0 Å². The summed E-state index contributed by atoms with van der Waals surface area (Å²) < 4.78 is 10.9. The Labute approximate surface area is 119 Å². The number of benzene rings is 1. The van der Waals surface area contributed by atoms with Gasteiger partial charge in [0.25, 0.3) is 0 Å². The van der Waals surface area contributed by atoms with E-state index in [0.717, 1.165) is 30.7 Å². The van der Waals surface area contributed by atoms with Crippen molar-refractivity contribution in [2.45, 2.75) is 32.7 Å². The molecular weight excluding hydrogens is 254 g/mol. The molecule has 1 N–H and O–H groups in total. The second-order valence-electron chi connectivity index (χ2n) is 4.59. The molecular formula is C15H21N3O2. The van der Waals surface area contributed by atoms with Crippen LogP contribution < -0.4 is 10.1 Å². The van der Waals surface area contributed by atoms with E-state index < -0.39 is 0 Å². The van der Waals surface area contributed by atoms with E-state index in [2.05, 4.69) is 29.4 Å². The second kappa shape index (κ2) is 7.05. The molecule has 1 unspecified atom stereocenters. The van der Waals surface area contributed by atoms with Crippen LogP contribution in [0.4, 0.5) is 0 Å². The first kappa shape index (κ1) is 14.5. The molecule has 0 spiro atoms. The lowest BCUT2D eigenvalue weighted by Crippen LogP contribution is -2.21. The first-order valence-electron chi connectivity index (χ1n) is 6.99. The first-order chi connectivity index (χ1) is 9.78. The van der Waals surface area contributed by atoms with Gasteiger partial charge in [-0.2, -0.15) is 0 Å². The molecule has 2 rings (SSSR count). The maximum absolute atomic E-state index is 5.77. The Morgan fingerprint density at radius 2 is 1.95 bits per heavy atom. The second-order valence-corrected chi connectivity index (χ2v) is 4.59. The van der Waals surface area contributed by atoms with Crippen LogP contribution in [-0.4, -0.2) is 23.9 Å². The van der Waals surface area contributed by atoms with E-state index in [1.165, 1.54) is 0 Å². The van der Waals surface area contributed by atoms with Crippen LogP contribution in [0.15, 0.2) is 28.7 Å². The summed E-state index contributed by atoms with van der Waals surface area (Å²) in [5.74, 6) is 2.00. The van der Waals surface area contributed by atoms with Crippen LogP contribution in [0.3, 0.4) is 0 Å². The summed E-state index contributed by atoms with van der Waals surface area (Å²) in [6.07, 6.45) is 2.00. The van der Waals surface area contributed by atoms with Gasteiger partial charge in [0, 0.05) is 5.56 Å². The number of ether oxygens (including phenoxy) is 1. The molecule has 0 saturated heterocycles. The van der Waals surface area contributed by atoms with E-state index in [-0.39, 0.29) is 6.04 Å². The highest BCUT2D eigenvalue weighted by molar-refractivity contribution is 5.53. The molecule has 2 aromatic rings. The van der Waals surface area contributed by atoms with E-state index >= 15 is 0 Å². The average Bonchev–Trinajstić information content (AvgIpc) is 2.98. The highest BCUT2D eigenvalue weighted by Gasteiger charge is 2.16. The monoisotopic (exact) mass is 275 g/mol. The minimum atomic E-state index is 0.120. The van der Waals surface area contributed by atoms with Gasteiger partial charge >= 0.3 is 0 Å². The molecule has 0 amide bonds. The number of methoxy groups -OCH3 is 1. The van der Waals surface area contributed by atoms with E-state index in [4.69, 9.17) is 9.15 Å². The van der Waals surface area contributed by atoms with Gasteiger partial charge in [0.1, 0.15) is 5.75 Å². The Kier molecular flexibility index (Phi) is 5.12. The first-order valence-corrected chi connectivity index (χ1v) is 6.99. The maximum atomic E-state index is 5.77. The molecule has 0 aliphatic carbocycles. The smallest absolute Gasteiger partial charge is 0.247 e. The van der Waals surface area contributed by atoms with Gasteiger partial charge in [-0.3, -0.25) is 0 Å². The van der Waals surface area contributed by atoms with Crippen LogP contribution >= 0.6 is 0 Å². The zero-order chi connectivity index (χ0) is 14.4. The molecule has 1 aromatic carbocycles. The Bertz CT molecular complexity index is 522. The van der Waals surface area contributed by atoms with Gasteiger partial charge in [0.2, 0.25) is 11.8 Å². The SMILES string of the molecule is CCCNC(CC)c1nnc(-c2ccc(OC)cc2)o1. The maximum Gasteiger partial charge on any atom is 0.247 e. The van der Waals surface area contributed by atoms with Crippen LogP contribution in [0.1, 0.15) is 38.6 Å². The van der Waals surface area contributed by atoms with Crippen molar-refractivity contribution in [2.75, 3.05) is 13.7 Å². The van der Waals surface area contributed by atoms with Crippen LogP contribution in [0.25, 0.3) is 11.5 Å². The predicted molar refractivity (Wildman–Crippen MR) is 77.6 cm³/mol. The van der Waals surface area contributed by atoms with Crippen LogP contribution in [0.2, 0.25) is 0 Å². The average molecular weight is 275 g/mol. The Morgan fingerprint density at radius 1 is 1.20 bits per heavy atom. The van der Waals surface area contributed by atoms with Crippen molar-refractivity contribution in [1.29, 1.82) is 0 Å². The quantitative estimate of drug-likeness (QED) is 0.840. The molecule has 1 aromatic heterocycles. The van der Waals surface area contributed by atoms with Crippen molar-refractivity contribution in [1.82, 2.24) is 15.5 Å². The van der Waals surface area contributed by atoms with Gasteiger partial charge < -0.3 is 14.5 Å². The van der Waals surface area contributed by atoms with Crippen LogP contribution in [0, 0.1) is 0 Å². The number of aromatic nitrogens is 2. The van der Waals surface area contributed by atoms with Gasteiger partial charge in [-0.05, 0) is 43.7 Å². The summed E-state index contributed by atoms with van der Waals surface area (Å²) in [6, 6.07) is 7.71. The molecule has 20 heavy (non-hydrogen) atoms. The zero-order valence-electron chi connectivity index (χ0n) is 12.2. The molecule has 5 heteroatoms. The lowest BCUT2D eigenvalue weighted by molar-refractivity contribution is 0.396. The molecule has 0 aliphatic heterocycles. The highest BCUT2D eigenvalue weighted by Crippen LogP contribution is 2.24. The molecule has 1 atom stereocenters. The van der Waals surface area contributed by atoms with Gasteiger partial charge in [0.15, 0.2) is 0 Å². The van der Waals surface area contributed by atoms with Gasteiger partial charge in [-0.25, -0.2) is 0 Å². The fourth-order valence-corrected chi connectivity index (χ4v) is 1.95. The molecule has 0 radical (unpaired) electrons. The fraction of sp³-hybridized carbons (Fsp3) is 0.467. The van der Waals surface area contributed by atoms with Crippen LogP contribution in [0.5, 0.6) is 5.75 Å². The number of hydrogen-bond acceptors (Lipinski definition) is 5. The lowest BCUT2D eigenvalue weighted by atomic mass is 10.2. The summed E-state index contributed by atoms with van der Waals surface area (Å²) >= 11 is 0. The third kappa shape index (κ3) is 3.36. The van der Waals surface area contributed by atoms with Gasteiger partial charge in [-0.15, -0.1) is 10.2 Å². The van der Waals surface area contributed by atoms with E-state index in [0.29, 0.717) is 11.8 Å². The van der Waals surface area contributed by atoms with E-state index in [1.807, 2.05) is 24.3 Å². The van der Waals surface area contributed by atoms with Gasteiger partial charge in [0.05, 0.1) is 13.2 Å². The molecule has 0 aliphatic rings. The minimum Gasteiger partial charge on any atom is -0.497 e. The van der Waals surface area contributed by atoms with Crippen molar-refractivity contribution in [3.05, 3.63) is 30.2 Å². The van der Waals surface area contributed by atoms with Gasteiger partial charge in [-0.1, -0.05) is 13.8 Å². The summed E-state index contributed by atoms with van der Waals surface area (Å²) in [4.78, 5) is 0. The highest BCUT2D eigenvalue weighted by atomic mass is 16.5. The Morgan fingerprint density at radius 3 is 2.55 bits per heavy atom. The Balaban J connectivity index is 2.14. The molecule has 1 heterocycles. The predicted octanol–water partition coefficient (Wildman–Crippen LogP) is 3.20. The van der Waals surface area contributed by atoms with E-state index in [9.17, 15) is 0 Å². The standard InChI is InChI=1S/C15H21N3O2/c1-4-10-16-13(5-2)15-18-17-14(20-15)11-6-8-12(19-3)9-7-11/h6-9,13,16H,4-5,10H2,1-3H3. The van der Waals surface area contributed by atoms with Crippen molar-refractivity contribution >= 4 is 0 Å². The van der Waals surface area contributed by atoms with Crippen molar-refractivity contribution in [3.8, 4) is 17.2 Å². The van der Waals surface area contributed by atoms with E-state index in [1.54, 1.807) is 7.11 Å². The summed E-state index contributed by atoms with van der Waals surface area (Å²) in [5.41, 5.74) is 0.898. The molecule has 0 saturated carbocycles. The largest absolute Gasteiger partial charge is 0.497 e. The third-order valence-corrected chi connectivity index (χ3v) is 3.12. The number of hydrogen-bond donors (Lipinski definition) is 1. The topological polar surface area (TPSA) is 60.2 Å². The minimum absolute atomic E-state index is 0.120. The Hall–Kier alpha value is -1.88. The zero-order valence-corrected chi connectivity index (χ0v) is 12.2.